The lowest BCUT2D eigenvalue weighted by Gasteiger charge is -2.08. The molecule has 1 aromatic carbocycles. The Kier molecular flexibility index (Phi) is 4.58. The molecule has 0 aliphatic carbocycles. The zero-order valence-corrected chi connectivity index (χ0v) is 12.6. The van der Waals surface area contributed by atoms with Crippen molar-refractivity contribution < 1.29 is 9.13 Å². The molecule has 0 radical (unpaired) electrons. The van der Waals surface area contributed by atoms with E-state index in [1.807, 2.05) is 11.6 Å². The third-order valence-corrected chi connectivity index (χ3v) is 3.78. The summed E-state index contributed by atoms with van der Waals surface area (Å²) in [5.41, 5.74) is 1.99. The molecule has 0 aliphatic rings. The summed E-state index contributed by atoms with van der Waals surface area (Å²) < 4.78 is 21.6. The number of hydrogen-bond acceptors (Lipinski definition) is 2. The predicted molar refractivity (Wildman–Crippen MR) is 75.7 cm³/mol. The zero-order valence-electron chi connectivity index (χ0n) is 11.0. The van der Waals surface area contributed by atoms with Crippen LogP contribution in [0.5, 0.6) is 5.75 Å². The first-order chi connectivity index (χ1) is 9.15. The molecule has 102 valence electrons. The fourth-order valence-electron chi connectivity index (χ4n) is 1.86. The molecule has 5 heteroatoms. The van der Waals surface area contributed by atoms with Gasteiger partial charge in [-0.15, -0.1) is 0 Å². The van der Waals surface area contributed by atoms with E-state index in [9.17, 15) is 4.39 Å². The third-order valence-electron chi connectivity index (χ3n) is 2.87. The van der Waals surface area contributed by atoms with E-state index in [2.05, 4.69) is 28.0 Å². The molecule has 2 rings (SSSR count). The molecule has 0 aliphatic heterocycles. The summed E-state index contributed by atoms with van der Waals surface area (Å²) in [6, 6.07) is 6.15. The van der Waals surface area contributed by atoms with Crippen molar-refractivity contribution in [3.8, 4) is 5.75 Å². The van der Waals surface area contributed by atoms with E-state index >= 15 is 0 Å². The van der Waals surface area contributed by atoms with Crippen LogP contribution in [0, 0.1) is 5.82 Å². The van der Waals surface area contributed by atoms with Gasteiger partial charge in [-0.05, 0) is 41.4 Å². The van der Waals surface area contributed by atoms with Gasteiger partial charge in [0.05, 0.1) is 15.9 Å². The van der Waals surface area contributed by atoms with Crippen molar-refractivity contribution in [1.29, 1.82) is 0 Å². The lowest BCUT2D eigenvalue weighted by molar-refractivity contribution is 0.290. The van der Waals surface area contributed by atoms with Crippen LogP contribution in [0.15, 0.2) is 28.7 Å². The summed E-state index contributed by atoms with van der Waals surface area (Å²) in [6.07, 6.45) is 0.862. The van der Waals surface area contributed by atoms with Crippen molar-refractivity contribution in [2.24, 2.45) is 0 Å². The normalized spacial score (nSPS) is 10.7. The van der Waals surface area contributed by atoms with Gasteiger partial charge in [-0.25, -0.2) is 4.39 Å². The minimum atomic E-state index is -0.296. The molecule has 0 atom stereocenters. The standard InChI is InChI=1S/C14H16BrFN2O/c1-3-12-14(15)13(18(4-2)17-12)9-19-11-7-5-6-10(16)8-11/h5-8H,3-4,9H2,1-2H3. The van der Waals surface area contributed by atoms with Crippen LogP contribution < -0.4 is 4.74 Å². The Hall–Kier alpha value is -1.36. The molecule has 3 nitrogen and oxygen atoms in total. The molecule has 0 bridgehead atoms. The maximum absolute atomic E-state index is 13.1. The number of ether oxygens (including phenoxy) is 1. The van der Waals surface area contributed by atoms with E-state index < -0.39 is 0 Å². The number of halogens is 2. The van der Waals surface area contributed by atoms with Crippen LogP contribution in [0.4, 0.5) is 4.39 Å². The highest BCUT2D eigenvalue weighted by molar-refractivity contribution is 9.10. The molecule has 0 saturated carbocycles. The summed E-state index contributed by atoms with van der Waals surface area (Å²) in [5.74, 6) is 0.226. The van der Waals surface area contributed by atoms with Crippen molar-refractivity contribution in [1.82, 2.24) is 9.78 Å². The van der Waals surface area contributed by atoms with Gasteiger partial charge >= 0.3 is 0 Å². The molecular weight excluding hydrogens is 311 g/mol. The molecule has 0 spiro atoms. The smallest absolute Gasteiger partial charge is 0.131 e. The van der Waals surface area contributed by atoms with Crippen molar-refractivity contribution in [2.45, 2.75) is 33.4 Å². The van der Waals surface area contributed by atoms with Crippen LogP contribution in [-0.4, -0.2) is 9.78 Å². The highest BCUT2D eigenvalue weighted by Gasteiger charge is 2.14. The highest BCUT2D eigenvalue weighted by Crippen LogP contribution is 2.24. The number of rotatable bonds is 5. The van der Waals surface area contributed by atoms with Gasteiger partial charge in [0.25, 0.3) is 0 Å². The predicted octanol–water partition coefficient (Wildman–Crippen LogP) is 3.95. The van der Waals surface area contributed by atoms with Crippen molar-refractivity contribution >= 4 is 15.9 Å². The quantitative estimate of drug-likeness (QED) is 0.831. The molecule has 19 heavy (non-hydrogen) atoms. The van der Waals surface area contributed by atoms with Crippen LogP contribution in [0.25, 0.3) is 0 Å². The van der Waals surface area contributed by atoms with Gasteiger partial charge in [0.1, 0.15) is 18.2 Å². The van der Waals surface area contributed by atoms with Gasteiger partial charge in [-0.1, -0.05) is 13.0 Å². The molecule has 0 amide bonds. The summed E-state index contributed by atoms with van der Waals surface area (Å²) in [6.45, 7) is 5.24. The summed E-state index contributed by atoms with van der Waals surface area (Å²) >= 11 is 3.55. The lowest BCUT2D eigenvalue weighted by atomic mass is 10.3. The number of aromatic nitrogens is 2. The zero-order chi connectivity index (χ0) is 13.8. The molecule has 0 N–H and O–H groups in total. The van der Waals surface area contributed by atoms with Gasteiger partial charge in [0.15, 0.2) is 0 Å². The number of aryl methyl sites for hydroxylation is 2. The highest BCUT2D eigenvalue weighted by atomic mass is 79.9. The molecule has 1 aromatic heterocycles. The Morgan fingerprint density at radius 2 is 2.16 bits per heavy atom. The topological polar surface area (TPSA) is 27.1 Å². The molecule has 0 unspecified atom stereocenters. The fourth-order valence-corrected chi connectivity index (χ4v) is 2.54. The van der Waals surface area contributed by atoms with E-state index in [4.69, 9.17) is 4.74 Å². The Bertz CT molecular complexity index is 569. The van der Waals surface area contributed by atoms with Gasteiger partial charge in [0, 0.05) is 12.6 Å². The van der Waals surface area contributed by atoms with Crippen LogP contribution >= 0.6 is 15.9 Å². The molecule has 2 aromatic rings. The molecular formula is C14H16BrFN2O. The van der Waals surface area contributed by atoms with Crippen LogP contribution in [0.2, 0.25) is 0 Å². The first-order valence-electron chi connectivity index (χ1n) is 6.28. The van der Waals surface area contributed by atoms with E-state index in [1.54, 1.807) is 12.1 Å². The fraction of sp³-hybridized carbons (Fsp3) is 0.357. The van der Waals surface area contributed by atoms with Gasteiger partial charge in [-0.3, -0.25) is 4.68 Å². The maximum Gasteiger partial charge on any atom is 0.131 e. The second-order valence-electron chi connectivity index (χ2n) is 4.12. The Morgan fingerprint density at radius 3 is 2.79 bits per heavy atom. The third kappa shape index (κ3) is 3.15. The minimum Gasteiger partial charge on any atom is -0.487 e. The van der Waals surface area contributed by atoms with E-state index in [0.717, 1.165) is 28.8 Å². The summed E-state index contributed by atoms with van der Waals surface area (Å²) in [4.78, 5) is 0. The lowest BCUT2D eigenvalue weighted by Crippen LogP contribution is -2.06. The van der Waals surface area contributed by atoms with E-state index in [-0.39, 0.29) is 5.82 Å². The number of nitrogens with zero attached hydrogens (tertiary/aromatic N) is 2. The van der Waals surface area contributed by atoms with Gasteiger partial charge in [0.2, 0.25) is 0 Å². The van der Waals surface area contributed by atoms with Crippen LogP contribution in [-0.2, 0) is 19.6 Å². The van der Waals surface area contributed by atoms with Crippen molar-refractivity contribution in [2.75, 3.05) is 0 Å². The van der Waals surface area contributed by atoms with Crippen molar-refractivity contribution in [3.63, 3.8) is 0 Å². The summed E-state index contributed by atoms with van der Waals surface area (Å²) in [7, 11) is 0. The molecule has 0 saturated heterocycles. The van der Waals surface area contributed by atoms with Gasteiger partial charge in [-0.2, -0.15) is 5.10 Å². The summed E-state index contributed by atoms with van der Waals surface area (Å²) in [5, 5.41) is 4.49. The number of benzene rings is 1. The molecule has 1 heterocycles. The van der Waals surface area contributed by atoms with Crippen molar-refractivity contribution in [3.05, 3.63) is 45.9 Å². The average molecular weight is 327 g/mol. The first kappa shape index (κ1) is 14.1. The van der Waals surface area contributed by atoms with Crippen LogP contribution in [0.1, 0.15) is 25.2 Å². The Labute approximate surface area is 120 Å². The van der Waals surface area contributed by atoms with Crippen LogP contribution in [0.3, 0.4) is 0 Å². The van der Waals surface area contributed by atoms with E-state index in [0.29, 0.717) is 12.4 Å². The van der Waals surface area contributed by atoms with Gasteiger partial charge < -0.3 is 4.74 Å². The minimum absolute atomic E-state index is 0.296. The first-order valence-corrected chi connectivity index (χ1v) is 7.07. The SMILES string of the molecule is CCc1nn(CC)c(COc2cccc(F)c2)c1Br. The second-order valence-corrected chi connectivity index (χ2v) is 4.92. The largest absolute Gasteiger partial charge is 0.487 e. The monoisotopic (exact) mass is 326 g/mol. The number of hydrogen-bond donors (Lipinski definition) is 0. The Morgan fingerprint density at radius 1 is 1.37 bits per heavy atom. The van der Waals surface area contributed by atoms with E-state index in [1.165, 1.54) is 12.1 Å². The second kappa shape index (κ2) is 6.19. The Balaban J connectivity index is 2.17. The maximum atomic E-state index is 13.1. The molecule has 0 fully saturated rings. The average Bonchev–Trinajstić information content (AvgIpc) is 2.72.